The van der Waals surface area contributed by atoms with Crippen LogP contribution in [-0.4, -0.2) is 17.0 Å². The van der Waals surface area contributed by atoms with Crippen molar-refractivity contribution in [1.29, 1.82) is 0 Å². The van der Waals surface area contributed by atoms with Gasteiger partial charge in [0, 0.05) is 18.2 Å². The number of nitrogens with one attached hydrogen (secondary N) is 1. The smallest absolute Gasteiger partial charge is 0.276 e. The number of nitro benzene ring substituents is 1. The highest BCUT2D eigenvalue weighted by atomic mass is 16.6. The zero-order chi connectivity index (χ0) is 12.9. The fraction of sp³-hybridized carbons (Fsp3) is 0.385. The number of benzene rings is 1. The minimum atomic E-state index is -0.364. The van der Waals surface area contributed by atoms with E-state index < -0.39 is 0 Å². The lowest BCUT2D eigenvalue weighted by atomic mass is 10.1. The quantitative estimate of drug-likeness (QED) is 0.643. The zero-order valence-electron chi connectivity index (χ0n) is 10.4. The summed E-state index contributed by atoms with van der Waals surface area (Å²) in [6, 6.07) is 6.72. The van der Waals surface area contributed by atoms with Crippen LogP contribution in [0, 0.1) is 10.1 Å². The van der Waals surface area contributed by atoms with E-state index >= 15 is 0 Å². The molecule has 92 valence electrons. The van der Waals surface area contributed by atoms with Gasteiger partial charge in [-0.1, -0.05) is 24.3 Å². The first kappa shape index (κ1) is 13.4. The van der Waals surface area contributed by atoms with Crippen LogP contribution in [0.15, 0.2) is 30.3 Å². The molecule has 0 aromatic heterocycles. The van der Waals surface area contributed by atoms with E-state index in [4.69, 9.17) is 0 Å². The van der Waals surface area contributed by atoms with Crippen LogP contribution < -0.4 is 5.32 Å². The molecular formula is C13H18N2O2. The monoisotopic (exact) mass is 234 g/mol. The summed E-state index contributed by atoms with van der Waals surface area (Å²) >= 11 is 0. The van der Waals surface area contributed by atoms with Crippen LogP contribution in [0.4, 0.5) is 5.69 Å². The summed E-state index contributed by atoms with van der Waals surface area (Å²) in [4.78, 5) is 10.4. The number of hydrogen-bond acceptors (Lipinski definition) is 3. The van der Waals surface area contributed by atoms with Gasteiger partial charge in [0.05, 0.1) is 10.5 Å². The second kappa shape index (κ2) is 5.59. The summed E-state index contributed by atoms with van der Waals surface area (Å²) < 4.78 is 0. The Bertz CT molecular complexity index is 420. The molecule has 1 aromatic carbocycles. The normalized spacial score (nSPS) is 11.9. The second-order valence-corrected chi connectivity index (χ2v) is 4.85. The molecule has 0 amide bonds. The van der Waals surface area contributed by atoms with Crippen LogP contribution in [0.1, 0.15) is 26.3 Å². The van der Waals surface area contributed by atoms with Crippen molar-refractivity contribution in [3.8, 4) is 0 Å². The Labute approximate surface area is 101 Å². The molecule has 1 aromatic rings. The average molecular weight is 234 g/mol. The molecule has 1 N–H and O–H groups in total. The SMILES string of the molecule is CC(C)(C)NCC=Cc1ccccc1[N+](=O)[O-]. The molecule has 0 radical (unpaired) electrons. The van der Waals surface area contributed by atoms with E-state index in [2.05, 4.69) is 26.1 Å². The first-order valence-corrected chi connectivity index (χ1v) is 5.55. The molecule has 1 rings (SSSR count). The van der Waals surface area contributed by atoms with Crippen molar-refractivity contribution in [2.24, 2.45) is 0 Å². The molecule has 0 heterocycles. The average Bonchev–Trinajstić information content (AvgIpc) is 2.23. The van der Waals surface area contributed by atoms with Crippen molar-refractivity contribution in [3.05, 3.63) is 46.0 Å². The number of nitrogens with zero attached hydrogens (tertiary/aromatic N) is 1. The molecule has 0 fully saturated rings. The third-order valence-corrected chi connectivity index (χ3v) is 2.18. The molecule has 0 saturated carbocycles. The zero-order valence-corrected chi connectivity index (χ0v) is 10.4. The summed E-state index contributed by atoms with van der Waals surface area (Å²) in [5.41, 5.74) is 0.820. The molecule has 0 atom stereocenters. The first-order valence-electron chi connectivity index (χ1n) is 5.55. The summed E-state index contributed by atoms with van der Waals surface area (Å²) in [7, 11) is 0. The lowest BCUT2D eigenvalue weighted by Gasteiger charge is -2.18. The maximum atomic E-state index is 10.8. The van der Waals surface area contributed by atoms with E-state index in [1.54, 1.807) is 24.3 Å². The summed E-state index contributed by atoms with van der Waals surface area (Å²) in [5, 5.41) is 14.1. The van der Waals surface area contributed by atoms with Crippen molar-refractivity contribution in [3.63, 3.8) is 0 Å². The first-order chi connectivity index (χ1) is 7.90. The van der Waals surface area contributed by atoms with Crippen LogP contribution in [0.2, 0.25) is 0 Å². The fourth-order valence-electron chi connectivity index (χ4n) is 1.35. The van der Waals surface area contributed by atoms with Crippen molar-refractivity contribution >= 4 is 11.8 Å². The van der Waals surface area contributed by atoms with Gasteiger partial charge in [-0.25, -0.2) is 0 Å². The van der Waals surface area contributed by atoms with Crippen LogP contribution >= 0.6 is 0 Å². The van der Waals surface area contributed by atoms with Crippen molar-refractivity contribution in [2.45, 2.75) is 26.3 Å². The Morgan fingerprint density at radius 1 is 1.35 bits per heavy atom. The minimum Gasteiger partial charge on any atom is -0.309 e. The standard InChI is InChI=1S/C13H18N2O2/c1-13(2,3)14-10-6-8-11-7-4-5-9-12(11)15(16)17/h4-9,14H,10H2,1-3H3. The summed E-state index contributed by atoms with van der Waals surface area (Å²) in [5.74, 6) is 0. The van der Waals surface area contributed by atoms with Gasteiger partial charge in [0.1, 0.15) is 0 Å². The van der Waals surface area contributed by atoms with Gasteiger partial charge in [-0.2, -0.15) is 0 Å². The molecule has 0 unspecified atom stereocenters. The predicted molar refractivity (Wildman–Crippen MR) is 69.9 cm³/mol. The molecule has 0 saturated heterocycles. The molecule has 0 aliphatic rings. The van der Waals surface area contributed by atoms with E-state index in [-0.39, 0.29) is 16.1 Å². The van der Waals surface area contributed by atoms with E-state index in [0.29, 0.717) is 12.1 Å². The van der Waals surface area contributed by atoms with E-state index in [1.165, 1.54) is 6.07 Å². The maximum absolute atomic E-state index is 10.8. The highest BCUT2D eigenvalue weighted by molar-refractivity contribution is 5.60. The van der Waals surface area contributed by atoms with Gasteiger partial charge in [0.15, 0.2) is 0 Å². The van der Waals surface area contributed by atoms with E-state index in [1.807, 2.05) is 6.08 Å². The van der Waals surface area contributed by atoms with Crippen LogP contribution in [0.25, 0.3) is 6.08 Å². The Kier molecular flexibility index (Phi) is 4.40. The van der Waals surface area contributed by atoms with Gasteiger partial charge in [-0.05, 0) is 26.8 Å². The number of para-hydroxylation sites is 1. The number of rotatable bonds is 4. The summed E-state index contributed by atoms with van der Waals surface area (Å²) in [6.07, 6.45) is 3.67. The van der Waals surface area contributed by atoms with Gasteiger partial charge in [-0.15, -0.1) is 0 Å². The van der Waals surface area contributed by atoms with Crippen LogP contribution in [-0.2, 0) is 0 Å². The number of hydrogen-bond donors (Lipinski definition) is 1. The molecule has 0 bridgehead atoms. The fourth-order valence-corrected chi connectivity index (χ4v) is 1.35. The van der Waals surface area contributed by atoms with Gasteiger partial charge < -0.3 is 5.32 Å². The van der Waals surface area contributed by atoms with Crippen LogP contribution in [0.3, 0.4) is 0 Å². The lowest BCUT2D eigenvalue weighted by molar-refractivity contribution is -0.385. The Balaban J connectivity index is 2.68. The Hall–Kier alpha value is -1.68. The van der Waals surface area contributed by atoms with Gasteiger partial charge in [-0.3, -0.25) is 10.1 Å². The van der Waals surface area contributed by atoms with Gasteiger partial charge in [0.25, 0.3) is 5.69 Å². The molecule has 4 heteroatoms. The third kappa shape index (κ3) is 4.78. The Morgan fingerprint density at radius 2 is 2.00 bits per heavy atom. The summed E-state index contributed by atoms with van der Waals surface area (Å²) in [6.45, 7) is 6.92. The lowest BCUT2D eigenvalue weighted by Crippen LogP contribution is -2.35. The Morgan fingerprint density at radius 3 is 2.59 bits per heavy atom. The van der Waals surface area contributed by atoms with Gasteiger partial charge >= 0.3 is 0 Å². The van der Waals surface area contributed by atoms with E-state index in [0.717, 1.165) is 0 Å². The number of nitro groups is 1. The highest BCUT2D eigenvalue weighted by Gasteiger charge is 2.09. The van der Waals surface area contributed by atoms with Crippen molar-refractivity contribution in [2.75, 3.05) is 6.54 Å². The largest absolute Gasteiger partial charge is 0.309 e. The molecular weight excluding hydrogens is 216 g/mol. The molecule has 17 heavy (non-hydrogen) atoms. The molecule has 0 aliphatic heterocycles. The predicted octanol–water partition coefficient (Wildman–Crippen LogP) is 3.00. The van der Waals surface area contributed by atoms with Crippen molar-refractivity contribution < 1.29 is 4.92 Å². The molecule has 0 spiro atoms. The van der Waals surface area contributed by atoms with Crippen LogP contribution in [0.5, 0.6) is 0 Å². The molecule has 4 nitrogen and oxygen atoms in total. The van der Waals surface area contributed by atoms with E-state index in [9.17, 15) is 10.1 Å². The second-order valence-electron chi connectivity index (χ2n) is 4.85. The van der Waals surface area contributed by atoms with Crippen molar-refractivity contribution in [1.82, 2.24) is 5.32 Å². The third-order valence-electron chi connectivity index (χ3n) is 2.18. The topological polar surface area (TPSA) is 55.2 Å². The maximum Gasteiger partial charge on any atom is 0.276 e. The van der Waals surface area contributed by atoms with Gasteiger partial charge in [0.2, 0.25) is 0 Å². The molecule has 0 aliphatic carbocycles. The highest BCUT2D eigenvalue weighted by Crippen LogP contribution is 2.18. The minimum absolute atomic E-state index is 0.0486.